The summed E-state index contributed by atoms with van der Waals surface area (Å²) in [7, 11) is 5.63. The van der Waals surface area contributed by atoms with E-state index in [4.69, 9.17) is 18.9 Å². The zero-order valence-electron chi connectivity index (χ0n) is 16.4. The van der Waals surface area contributed by atoms with Gasteiger partial charge in [0.1, 0.15) is 0 Å². The van der Waals surface area contributed by atoms with E-state index in [1.807, 2.05) is 0 Å². The molecule has 8 heteroatoms. The summed E-state index contributed by atoms with van der Waals surface area (Å²) in [6.07, 6.45) is 0.883. The van der Waals surface area contributed by atoms with Gasteiger partial charge in [0.25, 0.3) is 0 Å². The molecule has 0 N–H and O–H groups in total. The molecule has 150 valence electrons. The van der Waals surface area contributed by atoms with E-state index in [1.165, 1.54) is 35.4 Å². The first-order chi connectivity index (χ1) is 12.9. The molecule has 0 heterocycles. The van der Waals surface area contributed by atoms with Crippen molar-refractivity contribution in [2.24, 2.45) is 0 Å². The van der Waals surface area contributed by atoms with Crippen LogP contribution in [0.3, 0.4) is 0 Å². The number of ketones is 1. The topological polar surface area (TPSA) is 97.4 Å². The first kappa shape index (κ1) is 22.3. The molecule has 0 atom stereocenters. The Morgan fingerprint density at radius 1 is 0.926 bits per heavy atom. The molecule has 0 unspecified atom stereocenters. The molecule has 8 nitrogen and oxygen atoms in total. The quantitative estimate of drug-likeness (QED) is 0.327. The van der Waals surface area contributed by atoms with Gasteiger partial charge < -0.3 is 23.7 Å². The van der Waals surface area contributed by atoms with Crippen molar-refractivity contribution in [1.82, 2.24) is 0 Å². The monoisotopic (exact) mass is 382 g/mol. The minimum absolute atomic E-state index is 0.0323. The third kappa shape index (κ3) is 6.16. The van der Waals surface area contributed by atoms with Crippen LogP contribution in [0.5, 0.6) is 17.2 Å². The average Bonchev–Trinajstić information content (AvgIpc) is 2.67. The molecule has 1 aromatic rings. The molecule has 0 radical (unpaired) electrons. The maximum Gasteiger partial charge on any atom is 0.305 e. The number of hydrogen-bond acceptors (Lipinski definition) is 8. The predicted octanol–water partition coefficient (Wildman–Crippen LogP) is 2.34. The second kappa shape index (κ2) is 11.1. The molecule has 0 aliphatic rings. The lowest BCUT2D eigenvalue weighted by atomic mass is 9.95. The SMILES string of the molecule is COC(=O)CCC(=O)c1c(CCCOC(C)=O)cc(OC)c(OC)c1OC. The van der Waals surface area contributed by atoms with E-state index in [1.54, 1.807) is 6.07 Å². The summed E-state index contributed by atoms with van der Waals surface area (Å²) in [6.45, 7) is 1.56. The van der Waals surface area contributed by atoms with Crippen LogP contribution in [0.2, 0.25) is 0 Å². The van der Waals surface area contributed by atoms with Gasteiger partial charge in [0, 0.05) is 13.3 Å². The lowest BCUT2D eigenvalue weighted by molar-refractivity contribution is -0.141. The summed E-state index contributed by atoms with van der Waals surface area (Å²) in [4.78, 5) is 35.1. The van der Waals surface area contributed by atoms with E-state index < -0.39 is 5.97 Å². The van der Waals surface area contributed by atoms with Crippen molar-refractivity contribution in [3.05, 3.63) is 17.2 Å². The van der Waals surface area contributed by atoms with Gasteiger partial charge in [-0.15, -0.1) is 0 Å². The van der Waals surface area contributed by atoms with E-state index in [9.17, 15) is 14.4 Å². The fraction of sp³-hybridized carbons (Fsp3) is 0.526. The Hall–Kier alpha value is -2.77. The molecule has 0 aliphatic heterocycles. The van der Waals surface area contributed by atoms with Gasteiger partial charge in [-0.25, -0.2) is 0 Å². The Morgan fingerprint density at radius 3 is 2.11 bits per heavy atom. The Bertz CT molecular complexity index is 681. The van der Waals surface area contributed by atoms with Crippen LogP contribution >= 0.6 is 0 Å². The Labute approximate surface area is 158 Å². The number of esters is 2. The third-order valence-electron chi connectivity index (χ3n) is 3.87. The van der Waals surface area contributed by atoms with Gasteiger partial charge >= 0.3 is 11.9 Å². The zero-order valence-corrected chi connectivity index (χ0v) is 16.4. The van der Waals surface area contributed by atoms with Crippen molar-refractivity contribution in [2.45, 2.75) is 32.6 Å². The minimum atomic E-state index is -0.473. The van der Waals surface area contributed by atoms with E-state index in [-0.39, 0.29) is 37.0 Å². The summed E-state index contributed by atoms with van der Waals surface area (Å²) in [6, 6.07) is 1.69. The molecule has 27 heavy (non-hydrogen) atoms. The van der Waals surface area contributed by atoms with Gasteiger partial charge in [-0.05, 0) is 24.5 Å². The molecule has 0 amide bonds. The van der Waals surface area contributed by atoms with Gasteiger partial charge in [0.15, 0.2) is 17.3 Å². The average molecular weight is 382 g/mol. The number of carbonyl (C=O) groups is 3. The molecule has 0 spiro atoms. The molecule has 0 saturated carbocycles. The van der Waals surface area contributed by atoms with Crippen LogP contribution < -0.4 is 14.2 Å². The zero-order chi connectivity index (χ0) is 20.4. The number of aryl methyl sites for hydroxylation is 1. The van der Waals surface area contributed by atoms with Crippen molar-refractivity contribution in [3.8, 4) is 17.2 Å². The van der Waals surface area contributed by atoms with Gasteiger partial charge in [-0.2, -0.15) is 0 Å². The van der Waals surface area contributed by atoms with Gasteiger partial charge in [-0.1, -0.05) is 0 Å². The summed E-state index contributed by atoms with van der Waals surface area (Å²) < 4.78 is 25.6. The molecule has 0 bridgehead atoms. The standard InChI is InChI=1S/C19H26O8/c1-12(20)27-10-6-7-13-11-15(23-2)18(25-4)19(26-5)17(13)14(21)8-9-16(22)24-3/h11H,6-10H2,1-5H3. The van der Waals surface area contributed by atoms with Crippen LogP contribution in [-0.4, -0.2) is 52.8 Å². The summed E-state index contributed by atoms with van der Waals surface area (Å²) in [5.41, 5.74) is 0.980. The van der Waals surface area contributed by atoms with E-state index in [2.05, 4.69) is 4.74 Å². The van der Waals surface area contributed by atoms with Gasteiger partial charge in [-0.3, -0.25) is 14.4 Å². The predicted molar refractivity (Wildman–Crippen MR) is 96.6 cm³/mol. The summed E-state index contributed by atoms with van der Waals surface area (Å²) >= 11 is 0. The van der Waals surface area contributed by atoms with Crippen LogP contribution in [0.4, 0.5) is 0 Å². The number of methoxy groups -OCH3 is 4. The highest BCUT2D eigenvalue weighted by atomic mass is 16.5. The number of ether oxygens (including phenoxy) is 5. The Balaban J connectivity index is 3.25. The van der Waals surface area contributed by atoms with E-state index in [0.29, 0.717) is 35.5 Å². The smallest absolute Gasteiger partial charge is 0.305 e. The lowest BCUT2D eigenvalue weighted by Crippen LogP contribution is -2.12. The second-order valence-electron chi connectivity index (χ2n) is 5.62. The lowest BCUT2D eigenvalue weighted by Gasteiger charge is -2.19. The molecule has 1 aromatic carbocycles. The second-order valence-corrected chi connectivity index (χ2v) is 5.62. The third-order valence-corrected chi connectivity index (χ3v) is 3.87. The van der Waals surface area contributed by atoms with Gasteiger partial charge in [0.2, 0.25) is 5.75 Å². The normalized spacial score (nSPS) is 10.1. The molecule has 0 aromatic heterocycles. The highest BCUT2D eigenvalue weighted by Crippen LogP contribution is 2.43. The van der Waals surface area contributed by atoms with Crippen molar-refractivity contribution < 1.29 is 38.1 Å². The largest absolute Gasteiger partial charge is 0.493 e. The maximum atomic E-state index is 12.8. The molecule has 0 fully saturated rings. The number of benzene rings is 1. The van der Waals surface area contributed by atoms with Crippen LogP contribution in [0, 0.1) is 0 Å². The minimum Gasteiger partial charge on any atom is -0.493 e. The Kier molecular flexibility index (Phi) is 9.12. The molecule has 0 saturated heterocycles. The van der Waals surface area contributed by atoms with Crippen LogP contribution in [0.25, 0.3) is 0 Å². The summed E-state index contributed by atoms with van der Waals surface area (Å²) in [5, 5.41) is 0. The number of Topliss-reactive ketones (excluding diaryl/α,β-unsaturated/α-hetero) is 1. The summed E-state index contributed by atoms with van der Waals surface area (Å²) in [5.74, 6) is -0.158. The maximum absolute atomic E-state index is 12.8. The van der Waals surface area contributed by atoms with Crippen LogP contribution in [-0.2, 0) is 25.5 Å². The van der Waals surface area contributed by atoms with Crippen LogP contribution in [0.15, 0.2) is 6.07 Å². The highest BCUT2D eigenvalue weighted by Gasteiger charge is 2.25. The highest BCUT2D eigenvalue weighted by molar-refractivity contribution is 6.02. The molecule has 0 aliphatic carbocycles. The molecular weight excluding hydrogens is 356 g/mol. The van der Waals surface area contributed by atoms with E-state index in [0.717, 1.165) is 0 Å². The number of carbonyl (C=O) groups excluding carboxylic acids is 3. The first-order valence-corrected chi connectivity index (χ1v) is 8.44. The fourth-order valence-electron chi connectivity index (χ4n) is 2.63. The first-order valence-electron chi connectivity index (χ1n) is 8.44. The van der Waals surface area contributed by atoms with E-state index >= 15 is 0 Å². The fourth-order valence-corrected chi connectivity index (χ4v) is 2.63. The van der Waals surface area contributed by atoms with Gasteiger partial charge in [0.05, 0.1) is 47.0 Å². The van der Waals surface area contributed by atoms with Crippen molar-refractivity contribution in [3.63, 3.8) is 0 Å². The van der Waals surface area contributed by atoms with Crippen molar-refractivity contribution in [1.29, 1.82) is 0 Å². The molecule has 1 rings (SSSR count). The number of hydrogen-bond donors (Lipinski definition) is 0. The van der Waals surface area contributed by atoms with Crippen LogP contribution in [0.1, 0.15) is 42.1 Å². The van der Waals surface area contributed by atoms with Crippen molar-refractivity contribution in [2.75, 3.05) is 35.0 Å². The van der Waals surface area contributed by atoms with Crippen molar-refractivity contribution >= 4 is 17.7 Å². The Morgan fingerprint density at radius 2 is 1.59 bits per heavy atom. The molecular formula is C19H26O8. The number of rotatable bonds is 11.